The SMILES string of the molecule is COc1ccc(-c2c(Br)c(C3CCN(C(=O)OCc4ccccc4)CC3)nn2-c2ccc(OC)cc2)cc1. The number of carbonyl (C=O) groups is 1. The Kier molecular flexibility index (Phi) is 7.98. The molecule has 0 radical (unpaired) electrons. The van der Waals surface area contributed by atoms with E-state index >= 15 is 0 Å². The number of aromatic nitrogens is 2. The Morgan fingerprint density at radius 3 is 2.11 bits per heavy atom. The van der Waals surface area contributed by atoms with E-state index in [2.05, 4.69) is 15.9 Å². The highest BCUT2D eigenvalue weighted by Gasteiger charge is 2.30. The van der Waals surface area contributed by atoms with Crippen LogP contribution in [-0.4, -0.2) is 48.1 Å². The van der Waals surface area contributed by atoms with Gasteiger partial charge in [-0.2, -0.15) is 5.10 Å². The number of piperidine rings is 1. The molecule has 196 valence electrons. The van der Waals surface area contributed by atoms with Crippen molar-refractivity contribution < 1.29 is 19.0 Å². The second kappa shape index (κ2) is 11.7. The Morgan fingerprint density at radius 1 is 0.895 bits per heavy atom. The van der Waals surface area contributed by atoms with Gasteiger partial charge in [-0.1, -0.05) is 30.3 Å². The summed E-state index contributed by atoms with van der Waals surface area (Å²) >= 11 is 3.89. The van der Waals surface area contributed by atoms with E-state index in [0.29, 0.717) is 13.1 Å². The Morgan fingerprint density at radius 2 is 1.50 bits per heavy atom. The lowest BCUT2D eigenvalue weighted by Crippen LogP contribution is -2.38. The number of benzene rings is 3. The molecule has 1 saturated heterocycles. The molecular weight excluding hydrogens is 546 g/mol. The van der Waals surface area contributed by atoms with Crippen LogP contribution in [0.4, 0.5) is 4.79 Å². The van der Waals surface area contributed by atoms with Gasteiger partial charge in [0.05, 0.1) is 35.8 Å². The molecule has 4 aromatic rings. The van der Waals surface area contributed by atoms with E-state index in [0.717, 1.165) is 57.0 Å². The van der Waals surface area contributed by atoms with Crippen LogP contribution in [0.25, 0.3) is 16.9 Å². The third kappa shape index (κ3) is 5.55. The molecule has 3 aromatic carbocycles. The van der Waals surface area contributed by atoms with Crippen LogP contribution in [0, 0.1) is 0 Å². The zero-order valence-corrected chi connectivity index (χ0v) is 23.1. The van der Waals surface area contributed by atoms with Crippen LogP contribution in [0.1, 0.15) is 30.0 Å². The minimum Gasteiger partial charge on any atom is -0.497 e. The van der Waals surface area contributed by atoms with E-state index in [4.69, 9.17) is 19.3 Å². The quantitative estimate of drug-likeness (QED) is 0.241. The molecule has 7 nitrogen and oxygen atoms in total. The highest BCUT2D eigenvalue weighted by molar-refractivity contribution is 9.10. The molecule has 8 heteroatoms. The van der Waals surface area contributed by atoms with E-state index in [9.17, 15) is 4.79 Å². The minimum absolute atomic E-state index is 0.207. The van der Waals surface area contributed by atoms with Crippen LogP contribution in [0.3, 0.4) is 0 Å². The second-order valence-electron chi connectivity index (χ2n) is 9.19. The Balaban J connectivity index is 1.36. The summed E-state index contributed by atoms with van der Waals surface area (Å²) in [6, 6.07) is 25.6. The fraction of sp³-hybridized carbons (Fsp3) is 0.267. The molecular formula is C30H30BrN3O4. The van der Waals surface area contributed by atoms with Crippen LogP contribution < -0.4 is 9.47 Å². The van der Waals surface area contributed by atoms with E-state index in [1.54, 1.807) is 19.1 Å². The van der Waals surface area contributed by atoms with Gasteiger partial charge in [-0.15, -0.1) is 0 Å². The number of ether oxygens (including phenoxy) is 3. The van der Waals surface area contributed by atoms with Crippen LogP contribution in [0.15, 0.2) is 83.3 Å². The summed E-state index contributed by atoms with van der Waals surface area (Å²) in [5.41, 5.74) is 4.90. The van der Waals surface area contributed by atoms with Crippen LogP contribution >= 0.6 is 15.9 Å². The number of halogens is 1. The molecule has 1 aliphatic rings. The molecule has 1 amide bonds. The largest absolute Gasteiger partial charge is 0.497 e. The van der Waals surface area contributed by atoms with Crippen molar-refractivity contribution in [3.8, 4) is 28.4 Å². The Bertz CT molecular complexity index is 1360. The standard InChI is InChI=1S/C30H30BrN3O4/c1-36-25-12-8-23(9-13-25)29-27(31)28(32-34(29)24-10-14-26(37-2)15-11-24)22-16-18-33(19-17-22)30(35)38-20-21-6-4-3-5-7-21/h3-15,22H,16-20H2,1-2H3. The van der Waals surface area contributed by atoms with Crippen molar-refractivity contribution in [1.82, 2.24) is 14.7 Å². The number of carbonyl (C=O) groups excluding carboxylic acids is 1. The molecule has 0 bridgehead atoms. The summed E-state index contributed by atoms with van der Waals surface area (Å²) in [7, 11) is 3.32. The van der Waals surface area contributed by atoms with Crippen molar-refractivity contribution in [3.05, 3.63) is 94.6 Å². The monoisotopic (exact) mass is 575 g/mol. The maximum atomic E-state index is 12.7. The summed E-state index contributed by atoms with van der Waals surface area (Å²) in [6.07, 6.45) is 1.34. The zero-order valence-electron chi connectivity index (χ0n) is 21.5. The summed E-state index contributed by atoms with van der Waals surface area (Å²) in [6.45, 7) is 1.53. The van der Waals surface area contributed by atoms with Gasteiger partial charge < -0.3 is 19.1 Å². The van der Waals surface area contributed by atoms with Crippen molar-refractivity contribution in [3.63, 3.8) is 0 Å². The average Bonchev–Trinajstić information content (AvgIpc) is 3.33. The number of rotatable bonds is 7. The lowest BCUT2D eigenvalue weighted by molar-refractivity contribution is 0.0868. The van der Waals surface area contributed by atoms with Crippen LogP contribution in [0.5, 0.6) is 11.5 Å². The van der Waals surface area contributed by atoms with Gasteiger partial charge in [0, 0.05) is 24.6 Å². The first-order valence-electron chi connectivity index (χ1n) is 12.6. The molecule has 1 aliphatic heterocycles. The molecule has 5 rings (SSSR count). The second-order valence-corrected chi connectivity index (χ2v) is 9.98. The topological polar surface area (TPSA) is 65.8 Å². The maximum absolute atomic E-state index is 12.7. The van der Waals surface area contributed by atoms with E-state index in [-0.39, 0.29) is 18.6 Å². The number of hydrogen-bond acceptors (Lipinski definition) is 5. The number of amides is 1. The number of methoxy groups -OCH3 is 2. The summed E-state index contributed by atoms with van der Waals surface area (Å²) in [5, 5.41) is 5.09. The predicted molar refractivity (Wildman–Crippen MR) is 150 cm³/mol. The van der Waals surface area contributed by atoms with Gasteiger partial charge in [0.1, 0.15) is 18.1 Å². The molecule has 38 heavy (non-hydrogen) atoms. The number of likely N-dealkylation sites (tertiary alicyclic amines) is 1. The fourth-order valence-electron chi connectivity index (χ4n) is 4.73. The van der Waals surface area contributed by atoms with Crippen molar-refractivity contribution in [2.24, 2.45) is 0 Å². The molecule has 0 atom stereocenters. The summed E-state index contributed by atoms with van der Waals surface area (Å²) < 4.78 is 19.2. The molecule has 0 unspecified atom stereocenters. The first kappa shape index (κ1) is 25.9. The first-order valence-corrected chi connectivity index (χ1v) is 13.4. The van der Waals surface area contributed by atoms with Gasteiger partial charge in [-0.3, -0.25) is 0 Å². The van der Waals surface area contributed by atoms with Gasteiger partial charge in [-0.05, 0) is 82.9 Å². The Hall–Kier alpha value is -3.78. The summed E-state index contributed by atoms with van der Waals surface area (Å²) in [5.74, 6) is 1.80. The van der Waals surface area contributed by atoms with Crippen molar-refractivity contribution in [1.29, 1.82) is 0 Å². The van der Waals surface area contributed by atoms with Crippen LogP contribution in [-0.2, 0) is 11.3 Å². The third-order valence-corrected chi connectivity index (χ3v) is 7.66. The maximum Gasteiger partial charge on any atom is 0.410 e. The molecule has 0 N–H and O–H groups in total. The van der Waals surface area contributed by atoms with Gasteiger partial charge in [0.15, 0.2) is 0 Å². The van der Waals surface area contributed by atoms with E-state index in [1.807, 2.05) is 83.5 Å². The Labute approximate surface area is 231 Å². The highest BCUT2D eigenvalue weighted by Crippen LogP contribution is 2.40. The van der Waals surface area contributed by atoms with Gasteiger partial charge in [0.25, 0.3) is 0 Å². The first-order chi connectivity index (χ1) is 18.6. The molecule has 1 aromatic heterocycles. The molecule has 0 spiro atoms. The summed E-state index contributed by atoms with van der Waals surface area (Å²) in [4.78, 5) is 14.5. The van der Waals surface area contributed by atoms with Gasteiger partial charge in [0.2, 0.25) is 0 Å². The number of hydrogen-bond donors (Lipinski definition) is 0. The lowest BCUT2D eigenvalue weighted by atomic mass is 9.93. The predicted octanol–water partition coefficient (Wildman–Crippen LogP) is 6.84. The smallest absolute Gasteiger partial charge is 0.410 e. The molecule has 0 aliphatic carbocycles. The zero-order chi connectivity index (χ0) is 26.5. The van der Waals surface area contributed by atoms with Crippen LogP contribution in [0.2, 0.25) is 0 Å². The third-order valence-electron chi connectivity index (χ3n) is 6.88. The van der Waals surface area contributed by atoms with Gasteiger partial charge >= 0.3 is 6.09 Å². The molecule has 2 heterocycles. The minimum atomic E-state index is -0.269. The highest BCUT2D eigenvalue weighted by atomic mass is 79.9. The normalized spacial score (nSPS) is 13.8. The molecule has 1 fully saturated rings. The van der Waals surface area contributed by atoms with Crippen molar-refractivity contribution >= 4 is 22.0 Å². The van der Waals surface area contributed by atoms with Crippen molar-refractivity contribution in [2.75, 3.05) is 27.3 Å². The molecule has 0 saturated carbocycles. The average molecular weight is 576 g/mol. The van der Waals surface area contributed by atoms with E-state index in [1.165, 1.54) is 0 Å². The van der Waals surface area contributed by atoms with E-state index < -0.39 is 0 Å². The van der Waals surface area contributed by atoms with Gasteiger partial charge in [-0.25, -0.2) is 9.48 Å². The lowest BCUT2D eigenvalue weighted by Gasteiger charge is -2.30. The van der Waals surface area contributed by atoms with Crippen molar-refractivity contribution in [2.45, 2.75) is 25.4 Å². The number of nitrogens with zero attached hydrogens (tertiary/aromatic N) is 3. The fourth-order valence-corrected chi connectivity index (χ4v) is 5.53.